The second kappa shape index (κ2) is 6.27. The van der Waals surface area contributed by atoms with E-state index in [1.54, 1.807) is 0 Å². The van der Waals surface area contributed by atoms with E-state index in [2.05, 4.69) is 17.1 Å². The molecule has 94 valence electrons. The van der Waals surface area contributed by atoms with Gasteiger partial charge in [0, 0.05) is 32.1 Å². The topological polar surface area (TPSA) is 21.3 Å². The predicted octanol–water partition coefficient (Wildman–Crippen LogP) is 2.68. The standard InChI is InChI=1S/C13H25NOS/c1-15-8-7-13(5-2-3-6-13)11-14-12-4-9-16-10-12/h12,14H,2-11H2,1H3. The molecule has 0 radical (unpaired) electrons. The zero-order valence-electron chi connectivity index (χ0n) is 10.5. The SMILES string of the molecule is COCCC1(CNC2CCSC2)CCCC1. The molecule has 2 rings (SSSR count). The van der Waals surface area contributed by atoms with Crippen LogP contribution in [0.2, 0.25) is 0 Å². The van der Waals surface area contributed by atoms with Gasteiger partial charge >= 0.3 is 0 Å². The van der Waals surface area contributed by atoms with Crippen molar-refractivity contribution in [2.45, 2.75) is 44.6 Å². The number of ether oxygens (including phenoxy) is 1. The molecule has 0 amide bonds. The molecule has 1 N–H and O–H groups in total. The molecule has 1 heterocycles. The van der Waals surface area contributed by atoms with Crippen LogP contribution >= 0.6 is 11.8 Å². The Labute approximate surface area is 104 Å². The molecule has 16 heavy (non-hydrogen) atoms. The van der Waals surface area contributed by atoms with Gasteiger partial charge in [-0.3, -0.25) is 0 Å². The average Bonchev–Trinajstić information content (AvgIpc) is 2.96. The molecule has 1 saturated heterocycles. The van der Waals surface area contributed by atoms with Crippen molar-refractivity contribution >= 4 is 11.8 Å². The zero-order valence-corrected chi connectivity index (χ0v) is 11.3. The minimum absolute atomic E-state index is 0.559. The molecule has 2 nitrogen and oxygen atoms in total. The Bertz CT molecular complexity index is 198. The zero-order chi connectivity index (χ0) is 11.3. The van der Waals surface area contributed by atoms with Gasteiger partial charge in [-0.25, -0.2) is 0 Å². The first-order valence-corrected chi connectivity index (χ1v) is 7.80. The van der Waals surface area contributed by atoms with Gasteiger partial charge in [-0.2, -0.15) is 11.8 Å². The smallest absolute Gasteiger partial charge is 0.0468 e. The number of methoxy groups -OCH3 is 1. The fraction of sp³-hybridized carbons (Fsp3) is 1.00. The van der Waals surface area contributed by atoms with Gasteiger partial charge in [0.1, 0.15) is 0 Å². The number of hydrogen-bond donors (Lipinski definition) is 1. The molecule has 1 atom stereocenters. The molecule has 0 aromatic heterocycles. The van der Waals surface area contributed by atoms with Gasteiger partial charge in [-0.1, -0.05) is 12.8 Å². The summed E-state index contributed by atoms with van der Waals surface area (Å²) in [5, 5.41) is 3.80. The largest absolute Gasteiger partial charge is 0.385 e. The molecule has 0 aromatic rings. The molecular formula is C13H25NOS. The van der Waals surface area contributed by atoms with Crippen LogP contribution < -0.4 is 5.32 Å². The highest BCUT2D eigenvalue weighted by Gasteiger charge is 2.33. The van der Waals surface area contributed by atoms with Gasteiger partial charge in [-0.05, 0) is 36.9 Å². The third kappa shape index (κ3) is 3.38. The summed E-state index contributed by atoms with van der Waals surface area (Å²) in [7, 11) is 1.82. The lowest BCUT2D eigenvalue weighted by Crippen LogP contribution is -2.39. The van der Waals surface area contributed by atoms with Crippen LogP contribution in [0, 0.1) is 5.41 Å². The average molecular weight is 243 g/mol. The van der Waals surface area contributed by atoms with Gasteiger partial charge in [0.05, 0.1) is 0 Å². The summed E-state index contributed by atoms with van der Waals surface area (Å²) in [6.07, 6.45) is 8.27. The second-order valence-corrected chi connectivity index (χ2v) is 6.54. The van der Waals surface area contributed by atoms with Crippen molar-refractivity contribution in [3.8, 4) is 0 Å². The number of hydrogen-bond acceptors (Lipinski definition) is 3. The van der Waals surface area contributed by atoms with E-state index < -0.39 is 0 Å². The molecule has 0 aromatic carbocycles. The van der Waals surface area contributed by atoms with Crippen molar-refractivity contribution in [1.29, 1.82) is 0 Å². The Morgan fingerprint density at radius 2 is 2.19 bits per heavy atom. The Morgan fingerprint density at radius 1 is 1.38 bits per heavy atom. The maximum atomic E-state index is 5.27. The highest BCUT2D eigenvalue weighted by atomic mass is 32.2. The van der Waals surface area contributed by atoms with Gasteiger partial charge in [0.2, 0.25) is 0 Å². The lowest BCUT2D eigenvalue weighted by Gasteiger charge is -2.30. The summed E-state index contributed by atoms with van der Waals surface area (Å²) in [5.41, 5.74) is 0.559. The van der Waals surface area contributed by atoms with E-state index in [4.69, 9.17) is 4.74 Å². The monoisotopic (exact) mass is 243 g/mol. The van der Waals surface area contributed by atoms with Crippen LogP contribution in [0.25, 0.3) is 0 Å². The molecule has 1 saturated carbocycles. The molecule has 2 aliphatic rings. The van der Waals surface area contributed by atoms with E-state index in [1.165, 1.54) is 56.6 Å². The molecule has 1 unspecified atom stereocenters. The Kier molecular flexibility index (Phi) is 4.98. The normalized spacial score (nSPS) is 28.7. The minimum atomic E-state index is 0.559. The van der Waals surface area contributed by atoms with Crippen molar-refractivity contribution in [2.75, 3.05) is 31.8 Å². The molecule has 0 spiro atoms. The highest BCUT2D eigenvalue weighted by molar-refractivity contribution is 7.99. The quantitative estimate of drug-likeness (QED) is 0.775. The Morgan fingerprint density at radius 3 is 2.81 bits per heavy atom. The van der Waals surface area contributed by atoms with E-state index in [1.807, 2.05) is 7.11 Å². The van der Waals surface area contributed by atoms with E-state index >= 15 is 0 Å². The minimum Gasteiger partial charge on any atom is -0.385 e. The number of nitrogens with one attached hydrogen (secondary N) is 1. The molecular weight excluding hydrogens is 218 g/mol. The molecule has 2 fully saturated rings. The summed E-state index contributed by atoms with van der Waals surface area (Å²) >= 11 is 2.09. The van der Waals surface area contributed by atoms with E-state index in [-0.39, 0.29) is 0 Å². The summed E-state index contributed by atoms with van der Waals surface area (Å²) in [5.74, 6) is 2.67. The van der Waals surface area contributed by atoms with Gasteiger partial charge in [0.15, 0.2) is 0 Å². The second-order valence-electron chi connectivity index (χ2n) is 5.39. The lowest BCUT2D eigenvalue weighted by atomic mass is 9.82. The first kappa shape index (κ1) is 12.7. The van der Waals surface area contributed by atoms with Gasteiger partial charge in [-0.15, -0.1) is 0 Å². The third-order valence-electron chi connectivity index (χ3n) is 4.20. The van der Waals surface area contributed by atoms with Crippen LogP contribution in [0.5, 0.6) is 0 Å². The van der Waals surface area contributed by atoms with Gasteiger partial charge in [0.25, 0.3) is 0 Å². The summed E-state index contributed by atoms with van der Waals surface area (Å²) in [6, 6.07) is 0.782. The molecule has 1 aliphatic heterocycles. The van der Waals surface area contributed by atoms with Crippen molar-refractivity contribution in [1.82, 2.24) is 5.32 Å². The molecule has 3 heteroatoms. The van der Waals surface area contributed by atoms with Crippen molar-refractivity contribution < 1.29 is 4.74 Å². The highest BCUT2D eigenvalue weighted by Crippen LogP contribution is 2.40. The maximum Gasteiger partial charge on any atom is 0.0468 e. The first-order valence-electron chi connectivity index (χ1n) is 6.65. The van der Waals surface area contributed by atoms with Crippen LogP contribution in [-0.4, -0.2) is 37.8 Å². The van der Waals surface area contributed by atoms with Crippen LogP contribution in [0.4, 0.5) is 0 Å². The van der Waals surface area contributed by atoms with Crippen molar-refractivity contribution in [3.63, 3.8) is 0 Å². The van der Waals surface area contributed by atoms with Crippen LogP contribution in [0.1, 0.15) is 38.5 Å². The predicted molar refractivity (Wildman–Crippen MR) is 71.1 cm³/mol. The van der Waals surface area contributed by atoms with Crippen LogP contribution in [0.3, 0.4) is 0 Å². The van der Waals surface area contributed by atoms with Gasteiger partial charge < -0.3 is 10.1 Å². The lowest BCUT2D eigenvalue weighted by molar-refractivity contribution is 0.133. The first-order chi connectivity index (χ1) is 7.85. The molecule has 0 bridgehead atoms. The van der Waals surface area contributed by atoms with E-state index in [9.17, 15) is 0 Å². The summed E-state index contributed by atoms with van der Waals surface area (Å²) in [4.78, 5) is 0. The number of rotatable bonds is 6. The number of thioether (sulfide) groups is 1. The van der Waals surface area contributed by atoms with Crippen molar-refractivity contribution in [2.24, 2.45) is 5.41 Å². The fourth-order valence-corrected chi connectivity index (χ4v) is 4.20. The summed E-state index contributed by atoms with van der Waals surface area (Å²) < 4.78 is 5.27. The maximum absolute atomic E-state index is 5.27. The Balaban J connectivity index is 1.77. The molecule has 1 aliphatic carbocycles. The van der Waals surface area contributed by atoms with Crippen LogP contribution in [0.15, 0.2) is 0 Å². The van der Waals surface area contributed by atoms with Crippen LogP contribution in [-0.2, 0) is 4.74 Å². The Hall–Kier alpha value is 0.270. The summed E-state index contributed by atoms with van der Waals surface area (Å²) in [6.45, 7) is 2.16. The fourth-order valence-electron chi connectivity index (χ4n) is 3.02. The van der Waals surface area contributed by atoms with Crippen molar-refractivity contribution in [3.05, 3.63) is 0 Å². The van der Waals surface area contributed by atoms with E-state index in [0.29, 0.717) is 5.41 Å². The van der Waals surface area contributed by atoms with E-state index in [0.717, 1.165) is 12.6 Å². The third-order valence-corrected chi connectivity index (χ3v) is 5.36.